The van der Waals surface area contributed by atoms with Gasteiger partial charge < -0.3 is 16.4 Å². The molecule has 0 spiro atoms. The van der Waals surface area contributed by atoms with Crippen LogP contribution in [0, 0.1) is 0 Å². The molecule has 4 nitrogen and oxygen atoms in total. The Labute approximate surface area is 117 Å². The van der Waals surface area contributed by atoms with Crippen molar-refractivity contribution >= 4 is 40.4 Å². The Morgan fingerprint density at radius 2 is 2.22 bits per heavy atom. The predicted octanol–water partition coefficient (Wildman–Crippen LogP) is 1.91. The van der Waals surface area contributed by atoms with E-state index < -0.39 is 0 Å². The van der Waals surface area contributed by atoms with Gasteiger partial charge in [0, 0.05) is 35.8 Å². The molecule has 0 aromatic heterocycles. The number of thiocarbonyl (C=S) groups is 1. The van der Waals surface area contributed by atoms with Crippen LogP contribution < -0.4 is 16.4 Å². The minimum Gasteiger partial charge on any atom is -0.389 e. The first kappa shape index (κ1) is 14.7. The van der Waals surface area contributed by atoms with E-state index in [1.54, 1.807) is 18.2 Å². The third-order valence-electron chi connectivity index (χ3n) is 2.29. The number of nitrogens with two attached hydrogens (primary N) is 1. The summed E-state index contributed by atoms with van der Waals surface area (Å²) in [5.41, 5.74) is 7.09. The second-order valence-corrected chi connectivity index (χ2v) is 4.56. The van der Waals surface area contributed by atoms with Gasteiger partial charge in [-0.25, -0.2) is 0 Å². The van der Waals surface area contributed by atoms with Gasteiger partial charge in [0.2, 0.25) is 5.91 Å². The molecule has 0 fully saturated rings. The monoisotopic (exact) mass is 285 g/mol. The van der Waals surface area contributed by atoms with Crippen molar-refractivity contribution in [1.82, 2.24) is 5.32 Å². The molecule has 1 aromatic rings. The van der Waals surface area contributed by atoms with Crippen molar-refractivity contribution in [2.75, 3.05) is 18.4 Å². The maximum Gasteiger partial charge on any atom is 0.221 e. The average Bonchev–Trinajstić information content (AvgIpc) is 2.31. The molecule has 0 aliphatic carbocycles. The van der Waals surface area contributed by atoms with E-state index in [9.17, 15) is 4.79 Å². The van der Waals surface area contributed by atoms with E-state index in [1.807, 2.05) is 6.92 Å². The van der Waals surface area contributed by atoms with Crippen molar-refractivity contribution < 1.29 is 4.79 Å². The molecule has 1 rings (SSSR count). The summed E-state index contributed by atoms with van der Waals surface area (Å²) in [6.07, 6.45) is 0.396. The summed E-state index contributed by atoms with van der Waals surface area (Å²) in [6.45, 7) is 3.04. The van der Waals surface area contributed by atoms with Crippen LogP contribution in [0.15, 0.2) is 18.2 Å². The van der Waals surface area contributed by atoms with Gasteiger partial charge in [-0.05, 0) is 25.1 Å². The van der Waals surface area contributed by atoms with Crippen LogP contribution >= 0.6 is 23.8 Å². The molecule has 0 aliphatic heterocycles. The standard InChI is InChI=1S/C12H16ClN3OS/c1-2-15-11(17)5-6-16-10-4-3-8(13)7-9(10)12(14)18/h3-4,7,16H,2,5-6H2,1H3,(H2,14,18)(H,15,17). The van der Waals surface area contributed by atoms with Crippen molar-refractivity contribution in [2.24, 2.45) is 5.73 Å². The summed E-state index contributed by atoms with van der Waals surface area (Å²) in [5, 5.41) is 6.43. The van der Waals surface area contributed by atoms with Gasteiger partial charge in [0.15, 0.2) is 0 Å². The minimum atomic E-state index is 0.0100. The summed E-state index contributed by atoms with van der Waals surface area (Å²) >= 11 is 10.8. The van der Waals surface area contributed by atoms with Crippen LogP contribution in [0.5, 0.6) is 0 Å². The highest BCUT2D eigenvalue weighted by Crippen LogP contribution is 2.20. The highest BCUT2D eigenvalue weighted by atomic mass is 35.5. The molecule has 18 heavy (non-hydrogen) atoms. The molecule has 1 aromatic carbocycles. The second-order valence-electron chi connectivity index (χ2n) is 3.68. The zero-order chi connectivity index (χ0) is 13.5. The Morgan fingerprint density at radius 1 is 1.50 bits per heavy atom. The molecule has 98 valence electrons. The van der Waals surface area contributed by atoms with Gasteiger partial charge in [0.25, 0.3) is 0 Å². The molecular formula is C12H16ClN3OS. The molecule has 0 heterocycles. The number of nitrogens with one attached hydrogen (secondary N) is 2. The molecule has 0 saturated heterocycles. The normalized spacial score (nSPS) is 9.89. The number of carbonyl (C=O) groups excluding carboxylic acids is 1. The molecule has 0 bridgehead atoms. The van der Waals surface area contributed by atoms with Crippen molar-refractivity contribution in [1.29, 1.82) is 0 Å². The number of amides is 1. The molecule has 0 atom stereocenters. The number of hydrogen-bond acceptors (Lipinski definition) is 3. The average molecular weight is 286 g/mol. The smallest absolute Gasteiger partial charge is 0.221 e. The zero-order valence-electron chi connectivity index (χ0n) is 10.1. The predicted molar refractivity (Wildman–Crippen MR) is 79.1 cm³/mol. The number of halogens is 1. The minimum absolute atomic E-state index is 0.0100. The van der Waals surface area contributed by atoms with Gasteiger partial charge in [0.05, 0.1) is 0 Å². The Morgan fingerprint density at radius 3 is 2.83 bits per heavy atom. The molecule has 4 N–H and O–H groups in total. The molecular weight excluding hydrogens is 270 g/mol. The number of benzene rings is 1. The van der Waals surface area contributed by atoms with Crippen LogP contribution in [-0.4, -0.2) is 24.0 Å². The van der Waals surface area contributed by atoms with E-state index in [4.69, 9.17) is 29.6 Å². The maximum atomic E-state index is 11.3. The lowest BCUT2D eigenvalue weighted by Crippen LogP contribution is -2.25. The highest BCUT2D eigenvalue weighted by molar-refractivity contribution is 7.80. The highest BCUT2D eigenvalue weighted by Gasteiger charge is 2.06. The van der Waals surface area contributed by atoms with Crippen molar-refractivity contribution in [3.8, 4) is 0 Å². The summed E-state index contributed by atoms with van der Waals surface area (Å²) in [5.74, 6) is 0.0100. The number of anilines is 1. The molecule has 0 unspecified atom stereocenters. The van der Waals surface area contributed by atoms with E-state index in [1.165, 1.54) is 0 Å². The number of carbonyl (C=O) groups is 1. The van der Waals surface area contributed by atoms with Crippen LogP contribution in [0.4, 0.5) is 5.69 Å². The fourth-order valence-corrected chi connectivity index (χ4v) is 1.81. The van der Waals surface area contributed by atoms with Gasteiger partial charge in [-0.2, -0.15) is 0 Å². The third-order valence-corrected chi connectivity index (χ3v) is 2.74. The first-order valence-electron chi connectivity index (χ1n) is 5.64. The van der Waals surface area contributed by atoms with Gasteiger partial charge in [0.1, 0.15) is 4.99 Å². The van der Waals surface area contributed by atoms with Crippen LogP contribution in [0.2, 0.25) is 5.02 Å². The molecule has 0 saturated carbocycles. The molecule has 6 heteroatoms. The Bertz CT molecular complexity index is 451. The maximum absolute atomic E-state index is 11.3. The van der Waals surface area contributed by atoms with Crippen LogP contribution in [0.3, 0.4) is 0 Å². The molecule has 1 amide bonds. The summed E-state index contributed by atoms with van der Waals surface area (Å²) in [4.78, 5) is 11.6. The zero-order valence-corrected chi connectivity index (χ0v) is 11.7. The van der Waals surface area contributed by atoms with Crippen LogP contribution in [-0.2, 0) is 4.79 Å². The van der Waals surface area contributed by atoms with Crippen LogP contribution in [0.1, 0.15) is 18.9 Å². The van der Waals surface area contributed by atoms with E-state index >= 15 is 0 Å². The molecule has 0 radical (unpaired) electrons. The first-order valence-corrected chi connectivity index (χ1v) is 6.43. The van der Waals surface area contributed by atoms with Crippen molar-refractivity contribution in [3.05, 3.63) is 28.8 Å². The SMILES string of the molecule is CCNC(=O)CCNc1ccc(Cl)cc1C(N)=S. The van der Waals surface area contributed by atoms with Crippen molar-refractivity contribution in [2.45, 2.75) is 13.3 Å². The molecule has 0 aliphatic rings. The fourth-order valence-electron chi connectivity index (χ4n) is 1.47. The quantitative estimate of drug-likeness (QED) is 0.699. The number of hydrogen-bond donors (Lipinski definition) is 3. The van der Waals surface area contributed by atoms with E-state index in [0.29, 0.717) is 30.1 Å². The van der Waals surface area contributed by atoms with Crippen molar-refractivity contribution in [3.63, 3.8) is 0 Å². The topological polar surface area (TPSA) is 67.2 Å². The van der Waals surface area contributed by atoms with Gasteiger partial charge >= 0.3 is 0 Å². The van der Waals surface area contributed by atoms with E-state index in [0.717, 1.165) is 5.69 Å². The summed E-state index contributed by atoms with van der Waals surface area (Å²) in [7, 11) is 0. The summed E-state index contributed by atoms with van der Waals surface area (Å²) < 4.78 is 0. The second kappa shape index (κ2) is 7.18. The van der Waals surface area contributed by atoms with E-state index in [2.05, 4.69) is 10.6 Å². The lowest BCUT2D eigenvalue weighted by molar-refractivity contribution is -0.120. The van der Waals surface area contributed by atoms with Gasteiger partial charge in [-0.1, -0.05) is 23.8 Å². The fraction of sp³-hybridized carbons (Fsp3) is 0.333. The Balaban J connectivity index is 2.62. The third kappa shape index (κ3) is 4.50. The number of rotatable bonds is 6. The lowest BCUT2D eigenvalue weighted by Gasteiger charge is -2.11. The first-order chi connectivity index (χ1) is 8.54. The van der Waals surface area contributed by atoms with Gasteiger partial charge in [-0.15, -0.1) is 0 Å². The van der Waals surface area contributed by atoms with Gasteiger partial charge in [-0.3, -0.25) is 4.79 Å². The van der Waals surface area contributed by atoms with Crippen LogP contribution in [0.25, 0.3) is 0 Å². The largest absolute Gasteiger partial charge is 0.389 e. The summed E-state index contributed by atoms with van der Waals surface area (Å²) in [6, 6.07) is 5.25. The lowest BCUT2D eigenvalue weighted by atomic mass is 10.1. The van der Waals surface area contributed by atoms with E-state index in [-0.39, 0.29) is 10.9 Å². The Hall–Kier alpha value is -1.33. The Kier molecular flexibility index (Phi) is 5.88.